The molecule has 1 unspecified atom stereocenters. The highest BCUT2D eigenvalue weighted by Gasteiger charge is 2.34. The van der Waals surface area contributed by atoms with Crippen LogP contribution >= 0.6 is 35.0 Å². The lowest BCUT2D eigenvalue weighted by Gasteiger charge is -2.34. The van der Waals surface area contributed by atoms with E-state index < -0.39 is 14.1 Å². The van der Waals surface area contributed by atoms with Crippen LogP contribution in [0.15, 0.2) is 12.1 Å². The largest absolute Gasteiger partial charge is 0.409 e. The third-order valence-electron chi connectivity index (χ3n) is 4.83. The van der Waals surface area contributed by atoms with Crippen molar-refractivity contribution < 1.29 is 8.82 Å². The Morgan fingerprint density at radius 2 is 1.63 bits per heavy atom. The van der Waals surface area contributed by atoms with Gasteiger partial charge in [0.25, 0.3) is 0 Å². The molecule has 0 aliphatic heterocycles. The van der Waals surface area contributed by atoms with Gasteiger partial charge in [0.15, 0.2) is 8.32 Å². The van der Waals surface area contributed by atoms with Crippen LogP contribution < -0.4 is 5.32 Å². The van der Waals surface area contributed by atoms with E-state index in [1.807, 2.05) is 11.8 Å². The van der Waals surface area contributed by atoms with Crippen molar-refractivity contribution in [1.29, 1.82) is 0 Å². The van der Waals surface area contributed by atoms with Gasteiger partial charge in [-0.3, -0.25) is 0 Å². The number of nitrogens with one attached hydrogen (secondary N) is 1. The number of rotatable bonds is 11. The minimum atomic E-state index is -1.88. The Labute approximate surface area is 180 Å². The first-order valence-corrected chi connectivity index (χ1v) is 14.0. The first-order chi connectivity index (χ1) is 12.6. The first-order valence-electron chi connectivity index (χ1n) is 9.74. The Kier molecular flexibility index (Phi) is 10.7. The smallest absolute Gasteiger partial charge is 0.192 e. The van der Waals surface area contributed by atoms with Gasteiger partial charge < -0.3 is 9.74 Å². The van der Waals surface area contributed by atoms with Crippen molar-refractivity contribution in [3.05, 3.63) is 33.6 Å². The van der Waals surface area contributed by atoms with E-state index >= 15 is 0 Å². The molecule has 0 aliphatic carbocycles. The zero-order valence-corrected chi connectivity index (χ0v) is 20.8. The summed E-state index contributed by atoms with van der Waals surface area (Å²) in [6.45, 7) is 14.7. The third-order valence-corrected chi connectivity index (χ3v) is 11.4. The summed E-state index contributed by atoms with van der Waals surface area (Å²) in [7, 11) is -1.88. The average molecular weight is 455 g/mol. The van der Waals surface area contributed by atoms with Crippen molar-refractivity contribution in [2.75, 3.05) is 18.8 Å². The van der Waals surface area contributed by atoms with E-state index in [1.165, 1.54) is 12.1 Å². The van der Waals surface area contributed by atoms with Crippen molar-refractivity contribution in [3.8, 4) is 0 Å². The van der Waals surface area contributed by atoms with E-state index in [0.717, 1.165) is 30.4 Å². The summed E-state index contributed by atoms with van der Waals surface area (Å²) >= 11 is 14.7. The van der Waals surface area contributed by atoms with Crippen LogP contribution in [0.5, 0.6) is 0 Å². The van der Waals surface area contributed by atoms with Gasteiger partial charge in [-0.1, -0.05) is 64.7 Å². The van der Waals surface area contributed by atoms with E-state index in [9.17, 15) is 4.39 Å². The second kappa shape index (κ2) is 11.4. The molecule has 0 aliphatic rings. The second-order valence-corrected chi connectivity index (χ2v) is 15.3. The molecule has 0 spiro atoms. The van der Waals surface area contributed by atoms with Crippen LogP contribution in [-0.4, -0.2) is 31.9 Å². The molecule has 0 aromatic heterocycles. The summed E-state index contributed by atoms with van der Waals surface area (Å²) in [5, 5.41) is 4.16. The summed E-state index contributed by atoms with van der Waals surface area (Å²) in [6, 6.07) is 5.75. The molecule has 27 heavy (non-hydrogen) atoms. The summed E-state index contributed by atoms with van der Waals surface area (Å²) in [5.41, 5.74) is 0.697. The van der Waals surface area contributed by atoms with Crippen LogP contribution in [0.1, 0.15) is 53.2 Å². The number of halogens is 3. The topological polar surface area (TPSA) is 21.3 Å². The van der Waals surface area contributed by atoms with Gasteiger partial charge >= 0.3 is 0 Å². The van der Waals surface area contributed by atoms with Gasteiger partial charge in [0.1, 0.15) is 5.82 Å². The minimum absolute atomic E-state index is 0.246. The molecule has 156 valence electrons. The maximum absolute atomic E-state index is 13.7. The summed E-state index contributed by atoms with van der Waals surface area (Å²) in [5.74, 6) is 0.589. The zero-order chi connectivity index (χ0) is 20.7. The predicted molar refractivity (Wildman–Crippen MR) is 123 cm³/mol. The monoisotopic (exact) mass is 453 g/mol. The van der Waals surface area contributed by atoms with E-state index in [1.54, 1.807) is 0 Å². The molecule has 0 saturated carbocycles. The molecule has 1 N–H and O–H groups in total. The number of thioether (sulfide) groups is 1. The molecule has 0 amide bonds. The predicted octanol–water partition coefficient (Wildman–Crippen LogP) is 7.32. The van der Waals surface area contributed by atoms with Crippen LogP contribution in [0.3, 0.4) is 0 Å². The van der Waals surface area contributed by atoms with Crippen LogP contribution in [-0.2, 0) is 4.43 Å². The lowest BCUT2D eigenvalue weighted by Crippen LogP contribution is -2.40. The maximum Gasteiger partial charge on any atom is 0.192 e. The van der Waals surface area contributed by atoms with Crippen LogP contribution in [0.25, 0.3) is 0 Å². The lowest BCUT2D eigenvalue weighted by molar-refractivity contribution is 0.187. The SMILES string of the molecule is CC[Si](CC)(CC)OC(CNCCSC(C)(C)C)c1c(Cl)cc(F)cc1Cl. The molecule has 1 aromatic carbocycles. The maximum atomic E-state index is 13.7. The molecule has 1 aromatic rings. The van der Waals surface area contributed by atoms with Gasteiger partial charge in [0.2, 0.25) is 0 Å². The van der Waals surface area contributed by atoms with Crippen molar-refractivity contribution in [1.82, 2.24) is 5.32 Å². The second-order valence-electron chi connectivity index (χ2n) is 7.80. The van der Waals surface area contributed by atoms with Gasteiger partial charge in [-0.2, -0.15) is 11.8 Å². The summed E-state index contributed by atoms with van der Waals surface area (Å²) in [4.78, 5) is 0. The molecule has 0 saturated heterocycles. The highest BCUT2D eigenvalue weighted by Crippen LogP contribution is 2.37. The third kappa shape index (κ3) is 8.23. The normalized spacial score (nSPS) is 13.8. The van der Waals surface area contributed by atoms with Gasteiger partial charge in [0, 0.05) is 29.2 Å². The molecule has 2 nitrogen and oxygen atoms in total. The molecule has 7 heteroatoms. The van der Waals surface area contributed by atoms with Crippen LogP contribution in [0.2, 0.25) is 28.2 Å². The Hall–Kier alpha value is 0.217. The van der Waals surface area contributed by atoms with E-state index in [0.29, 0.717) is 22.2 Å². The molecule has 0 bridgehead atoms. The minimum Gasteiger partial charge on any atom is -0.409 e. The number of benzene rings is 1. The number of hydrogen-bond acceptors (Lipinski definition) is 3. The van der Waals surface area contributed by atoms with Gasteiger partial charge in [-0.05, 0) is 30.3 Å². The van der Waals surface area contributed by atoms with Crippen molar-refractivity contribution in [2.45, 2.75) is 70.5 Å². The molecular formula is C20H34Cl2FNOSSi. The van der Waals surface area contributed by atoms with Crippen molar-refractivity contribution >= 4 is 43.3 Å². The Balaban J connectivity index is 2.97. The standard InChI is InChI=1S/C20H34Cl2FNOSSi/c1-7-27(8-2,9-3)25-18(14-24-10-11-26-20(4,5)6)19-16(21)12-15(23)13-17(19)22/h12-13,18,24H,7-11,14H2,1-6H3. The Morgan fingerprint density at radius 3 is 2.07 bits per heavy atom. The lowest BCUT2D eigenvalue weighted by atomic mass is 10.1. The highest BCUT2D eigenvalue weighted by molar-refractivity contribution is 8.00. The zero-order valence-electron chi connectivity index (χ0n) is 17.4. The summed E-state index contributed by atoms with van der Waals surface area (Å²) < 4.78 is 20.6. The van der Waals surface area contributed by atoms with E-state index in [-0.39, 0.29) is 10.9 Å². The van der Waals surface area contributed by atoms with Gasteiger partial charge in [0.05, 0.1) is 16.1 Å². The molecule has 1 rings (SSSR count). The Morgan fingerprint density at radius 1 is 1.11 bits per heavy atom. The van der Waals surface area contributed by atoms with E-state index in [2.05, 4.69) is 46.9 Å². The molecule has 0 heterocycles. The summed E-state index contributed by atoms with van der Waals surface area (Å²) in [6.07, 6.45) is -0.267. The van der Waals surface area contributed by atoms with Crippen molar-refractivity contribution in [3.63, 3.8) is 0 Å². The fourth-order valence-corrected chi connectivity index (χ4v) is 7.40. The molecule has 0 fully saturated rings. The average Bonchev–Trinajstić information content (AvgIpc) is 2.57. The van der Waals surface area contributed by atoms with Crippen LogP contribution in [0.4, 0.5) is 4.39 Å². The van der Waals surface area contributed by atoms with Crippen molar-refractivity contribution in [2.24, 2.45) is 0 Å². The molecule has 1 atom stereocenters. The highest BCUT2D eigenvalue weighted by atomic mass is 35.5. The fourth-order valence-electron chi connectivity index (χ4n) is 3.03. The molecular weight excluding hydrogens is 420 g/mol. The van der Waals surface area contributed by atoms with Gasteiger partial charge in [-0.15, -0.1) is 0 Å². The molecule has 0 radical (unpaired) electrons. The fraction of sp³-hybridized carbons (Fsp3) is 0.700. The van der Waals surface area contributed by atoms with Gasteiger partial charge in [-0.25, -0.2) is 4.39 Å². The first kappa shape index (κ1) is 25.3. The quantitative estimate of drug-likeness (QED) is 0.280. The van der Waals surface area contributed by atoms with Crippen LogP contribution in [0, 0.1) is 5.82 Å². The van der Waals surface area contributed by atoms with E-state index in [4.69, 9.17) is 27.6 Å². The number of hydrogen-bond donors (Lipinski definition) is 1. The Bertz CT molecular complexity index is 563.